The molecule has 1 aromatic carbocycles. The predicted molar refractivity (Wildman–Crippen MR) is 118 cm³/mol. The number of aromatic nitrogens is 2. The molecule has 1 aliphatic carbocycles. The largest absolute Gasteiger partial charge is 0.371 e. The normalized spacial score (nSPS) is 23.0. The molecule has 2 bridgehead atoms. The van der Waals surface area contributed by atoms with E-state index in [0.29, 0.717) is 24.1 Å². The third-order valence-corrected chi connectivity index (χ3v) is 6.77. The van der Waals surface area contributed by atoms with Gasteiger partial charge in [-0.15, -0.1) is 11.3 Å². The zero-order chi connectivity index (χ0) is 20.1. The van der Waals surface area contributed by atoms with Gasteiger partial charge >= 0.3 is 6.03 Å². The maximum atomic E-state index is 12.0. The van der Waals surface area contributed by atoms with Crippen LogP contribution in [-0.4, -0.2) is 47.3 Å². The number of ether oxygens (including phenoxy) is 1. The van der Waals surface area contributed by atoms with E-state index in [2.05, 4.69) is 27.0 Å². The van der Waals surface area contributed by atoms with Gasteiger partial charge in [-0.2, -0.15) is 0 Å². The molecule has 1 saturated carbocycles. The molecule has 3 fully saturated rings. The molecule has 2 aromatic heterocycles. The number of benzene rings is 1. The van der Waals surface area contributed by atoms with E-state index >= 15 is 0 Å². The summed E-state index contributed by atoms with van der Waals surface area (Å²) >= 11 is 1.64. The smallest absolute Gasteiger partial charge is 0.319 e. The lowest BCUT2D eigenvalue weighted by atomic mass is 10.2. The summed E-state index contributed by atoms with van der Waals surface area (Å²) in [5.41, 5.74) is 1.70. The van der Waals surface area contributed by atoms with Gasteiger partial charge in [-0.3, -0.25) is 0 Å². The quantitative estimate of drug-likeness (QED) is 0.665. The van der Waals surface area contributed by atoms with Crippen molar-refractivity contribution in [2.45, 2.75) is 43.9 Å². The second-order valence-corrected chi connectivity index (χ2v) is 9.22. The number of amides is 2. The summed E-state index contributed by atoms with van der Waals surface area (Å²) in [6.07, 6.45) is 5.03. The maximum absolute atomic E-state index is 12.0. The van der Waals surface area contributed by atoms with Crippen LogP contribution in [0.4, 0.5) is 16.3 Å². The Bertz CT molecular complexity index is 1080. The molecule has 2 saturated heterocycles. The number of fused-ring (bicyclic) bond motifs is 3. The van der Waals surface area contributed by atoms with Crippen LogP contribution in [-0.2, 0) is 4.74 Å². The molecule has 2 aliphatic heterocycles. The molecule has 2 unspecified atom stereocenters. The molecule has 7 nitrogen and oxygen atoms in total. The molecular formula is C22H23N5O2S. The van der Waals surface area contributed by atoms with Crippen molar-refractivity contribution in [3.8, 4) is 11.4 Å². The first-order valence-electron chi connectivity index (χ1n) is 10.5. The minimum atomic E-state index is -0.147. The molecule has 3 aliphatic rings. The zero-order valence-electron chi connectivity index (χ0n) is 16.5. The van der Waals surface area contributed by atoms with Gasteiger partial charge in [0.05, 0.1) is 17.6 Å². The van der Waals surface area contributed by atoms with Crippen LogP contribution in [0, 0.1) is 0 Å². The number of nitrogens with one attached hydrogen (secondary N) is 2. The van der Waals surface area contributed by atoms with Gasteiger partial charge in [0, 0.05) is 30.4 Å². The van der Waals surface area contributed by atoms with Crippen molar-refractivity contribution in [3.05, 3.63) is 35.7 Å². The second-order valence-electron chi connectivity index (χ2n) is 8.32. The average Bonchev–Trinajstić information content (AvgIpc) is 3.32. The van der Waals surface area contributed by atoms with E-state index in [0.717, 1.165) is 66.1 Å². The van der Waals surface area contributed by atoms with Gasteiger partial charge in [-0.25, -0.2) is 14.8 Å². The Balaban J connectivity index is 1.28. The number of anilines is 2. The van der Waals surface area contributed by atoms with Crippen LogP contribution in [0.25, 0.3) is 21.6 Å². The first-order chi connectivity index (χ1) is 14.7. The molecule has 2 amide bonds. The van der Waals surface area contributed by atoms with Crippen molar-refractivity contribution in [1.29, 1.82) is 0 Å². The summed E-state index contributed by atoms with van der Waals surface area (Å²) in [6, 6.07) is 10.0. The Labute approximate surface area is 178 Å². The summed E-state index contributed by atoms with van der Waals surface area (Å²) < 4.78 is 6.01. The van der Waals surface area contributed by atoms with Crippen molar-refractivity contribution in [2.75, 3.05) is 23.3 Å². The van der Waals surface area contributed by atoms with Crippen molar-refractivity contribution in [2.24, 2.45) is 0 Å². The zero-order valence-corrected chi connectivity index (χ0v) is 17.3. The minimum Gasteiger partial charge on any atom is -0.371 e. The van der Waals surface area contributed by atoms with Gasteiger partial charge in [0.25, 0.3) is 0 Å². The van der Waals surface area contributed by atoms with Gasteiger partial charge in [0.1, 0.15) is 10.6 Å². The Morgan fingerprint density at radius 3 is 2.53 bits per heavy atom. The molecule has 2 N–H and O–H groups in total. The average molecular weight is 422 g/mol. The summed E-state index contributed by atoms with van der Waals surface area (Å²) in [5, 5.41) is 9.01. The third-order valence-electron chi connectivity index (χ3n) is 5.96. The number of hydrogen-bond donors (Lipinski definition) is 2. The van der Waals surface area contributed by atoms with Crippen molar-refractivity contribution >= 4 is 39.1 Å². The second kappa shape index (κ2) is 7.21. The van der Waals surface area contributed by atoms with Crippen LogP contribution < -0.4 is 15.5 Å². The van der Waals surface area contributed by atoms with Crippen LogP contribution in [0.15, 0.2) is 35.7 Å². The van der Waals surface area contributed by atoms with Gasteiger partial charge in [0.2, 0.25) is 0 Å². The first kappa shape index (κ1) is 18.1. The monoisotopic (exact) mass is 421 g/mol. The van der Waals surface area contributed by atoms with E-state index in [-0.39, 0.29) is 6.03 Å². The molecule has 3 aromatic rings. The van der Waals surface area contributed by atoms with Crippen molar-refractivity contribution < 1.29 is 9.53 Å². The van der Waals surface area contributed by atoms with Crippen molar-refractivity contribution in [3.63, 3.8) is 0 Å². The van der Waals surface area contributed by atoms with Crippen LogP contribution in [0.1, 0.15) is 25.7 Å². The van der Waals surface area contributed by atoms with E-state index in [1.165, 1.54) is 0 Å². The molecule has 0 spiro atoms. The number of hydrogen-bond acceptors (Lipinski definition) is 6. The number of nitrogens with zero attached hydrogens (tertiary/aromatic N) is 3. The summed E-state index contributed by atoms with van der Waals surface area (Å²) in [7, 11) is 0. The predicted octanol–water partition coefficient (Wildman–Crippen LogP) is 4.01. The molecular weight excluding hydrogens is 398 g/mol. The van der Waals surface area contributed by atoms with E-state index in [9.17, 15) is 4.79 Å². The van der Waals surface area contributed by atoms with Crippen LogP contribution >= 0.6 is 11.3 Å². The van der Waals surface area contributed by atoms with E-state index < -0.39 is 0 Å². The van der Waals surface area contributed by atoms with Gasteiger partial charge in [0.15, 0.2) is 5.82 Å². The van der Waals surface area contributed by atoms with E-state index in [4.69, 9.17) is 14.7 Å². The Morgan fingerprint density at radius 2 is 1.80 bits per heavy atom. The maximum Gasteiger partial charge on any atom is 0.319 e. The Hall–Kier alpha value is -2.71. The van der Waals surface area contributed by atoms with Gasteiger partial charge < -0.3 is 20.3 Å². The van der Waals surface area contributed by atoms with E-state index in [1.807, 2.05) is 24.3 Å². The number of carbonyl (C=O) groups excluding carboxylic acids is 1. The topological polar surface area (TPSA) is 79.4 Å². The fraction of sp³-hybridized carbons (Fsp3) is 0.409. The van der Waals surface area contributed by atoms with Crippen LogP contribution in [0.3, 0.4) is 0 Å². The summed E-state index contributed by atoms with van der Waals surface area (Å²) in [6.45, 7) is 1.77. The SMILES string of the molecule is O=C(Nc1ccc(-c2nc(N3CC4CCC(C3)O4)c3ccsc3n2)cc1)NC1CC1. The number of rotatable bonds is 4. The van der Waals surface area contributed by atoms with Gasteiger partial charge in [-0.05, 0) is 61.4 Å². The lowest BCUT2D eigenvalue weighted by molar-refractivity contribution is 0.0303. The molecule has 2 atom stereocenters. The highest BCUT2D eigenvalue weighted by Crippen LogP contribution is 2.35. The molecule has 8 heteroatoms. The number of morpholine rings is 1. The fourth-order valence-corrected chi connectivity index (χ4v) is 5.04. The number of urea groups is 1. The molecule has 0 radical (unpaired) electrons. The van der Waals surface area contributed by atoms with Crippen LogP contribution in [0.5, 0.6) is 0 Å². The van der Waals surface area contributed by atoms with Crippen LogP contribution in [0.2, 0.25) is 0 Å². The fourth-order valence-electron chi connectivity index (χ4n) is 4.28. The highest BCUT2D eigenvalue weighted by molar-refractivity contribution is 7.16. The Kier molecular flexibility index (Phi) is 4.35. The van der Waals surface area contributed by atoms with Crippen molar-refractivity contribution in [1.82, 2.24) is 15.3 Å². The number of thiophene rings is 1. The third kappa shape index (κ3) is 3.50. The lowest BCUT2D eigenvalue weighted by Gasteiger charge is -2.33. The minimum absolute atomic E-state index is 0.147. The molecule has 4 heterocycles. The highest BCUT2D eigenvalue weighted by Gasteiger charge is 2.35. The standard InChI is InChI=1S/C22H23N5O2S/c28-22(24-15-5-6-15)23-14-3-1-13(2-4-14)19-25-20(18-9-10-30-21(18)26-19)27-11-16-7-8-17(12-27)29-16/h1-4,9-10,15-17H,5-8,11-12H2,(H2,23,24,28). The lowest BCUT2D eigenvalue weighted by Crippen LogP contribution is -2.43. The summed E-state index contributed by atoms with van der Waals surface area (Å²) in [5.74, 6) is 1.72. The highest BCUT2D eigenvalue weighted by atomic mass is 32.1. The number of carbonyl (C=O) groups is 1. The molecule has 6 rings (SSSR count). The van der Waals surface area contributed by atoms with Gasteiger partial charge in [-0.1, -0.05) is 0 Å². The first-order valence-corrected chi connectivity index (χ1v) is 11.4. The summed E-state index contributed by atoms with van der Waals surface area (Å²) in [4.78, 5) is 25.1. The van der Waals surface area contributed by atoms with E-state index in [1.54, 1.807) is 11.3 Å². The molecule has 30 heavy (non-hydrogen) atoms. The molecule has 154 valence electrons. The Morgan fingerprint density at radius 1 is 1.03 bits per heavy atom.